The predicted octanol–water partition coefficient (Wildman–Crippen LogP) is 1.33. The van der Waals surface area contributed by atoms with E-state index in [0.29, 0.717) is 10.5 Å². The van der Waals surface area contributed by atoms with Gasteiger partial charge in [0.2, 0.25) is 0 Å². The first-order valence-electron chi connectivity index (χ1n) is 10.5. The molecule has 2 saturated carbocycles. The van der Waals surface area contributed by atoms with E-state index in [9.17, 15) is 38.9 Å². The van der Waals surface area contributed by atoms with Gasteiger partial charge in [-0.25, -0.2) is 9.29 Å². The molecule has 0 bridgehead atoms. The molecule has 0 saturated heterocycles. The van der Waals surface area contributed by atoms with Crippen molar-refractivity contribution in [3.63, 3.8) is 0 Å². The van der Waals surface area contributed by atoms with Crippen molar-refractivity contribution in [2.45, 2.75) is 37.3 Å². The second kappa shape index (κ2) is 9.88. The van der Waals surface area contributed by atoms with Crippen LogP contribution < -0.4 is 0 Å². The highest BCUT2D eigenvalue weighted by atomic mass is 32.2. The van der Waals surface area contributed by atoms with Gasteiger partial charge in [0.25, 0.3) is 0 Å². The number of benzene rings is 1. The van der Waals surface area contributed by atoms with E-state index in [-0.39, 0.29) is 5.75 Å². The lowest BCUT2D eigenvalue weighted by atomic mass is 9.79. The third-order valence-corrected chi connectivity index (χ3v) is 7.63. The fraction of sp³-hybridized carbons (Fsp3) is 0.545. The Morgan fingerprint density at radius 1 is 1.12 bits per heavy atom. The zero-order valence-corrected chi connectivity index (χ0v) is 19.6. The van der Waals surface area contributed by atoms with E-state index in [2.05, 4.69) is 0 Å². The number of hydrogen-bond acceptors (Lipinski definition) is 9. The van der Waals surface area contributed by atoms with E-state index < -0.39 is 78.5 Å². The molecule has 2 aliphatic rings. The van der Waals surface area contributed by atoms with Crippen LogP contribution in [-0.4, -0.2) is 75.0 Å². The molecular weight excluding hydrogens is 473 g/mol. The van der Waals surface area contributed by atoms with E-state index >= 15 is 0 Å². The van der Waals surface area contributed by atoms with Gasteiger partial charge in [-0.2, -0.15) is 0 Å². The van der Waals surface area contributed by atoms with E-state index in [1.54, 1.807) is 13.0 Å². The van der Waals surface area contributed by atoms with Crippen LogP contribution in [0.25, 0.3) is 0 Å². The van der Waals surface area contributed by atoms with Crippen LogP contribution in [0, 0.1) is 36.4 Å². The molecule has 0 spiro atoms. The fourth-order valence-corrected chi connectivity index (χ4v) is 6.26. The molecule has 1 aromatic carbocycles. The summed E-state index contributed by atoms with van der Waals surface area (Å²) in [7, 11) is 0. The third-order valence-electron chi connectivity index (χ3n) is 6.51. The number of thioether (sulfide) groups is 1. The van der Waals surface area contributed by atoms with Gasteiger partial charge < -0.3 is 24.8 Å². The van der Waals surface area contributed by atoms with Gasteiger partial charge in [0.15, 0.2) is 0 Å². The van der Waals surface area contributed by atoms with Crippen LogP contribution in [0.15, 0.2) is 23.1 Å². The second-order valence-corrected chi connectivity index (χ2v) is 9.58. The molecule has 3 rings (SSSR count). The van der Waals surface area contributed by atoms with Crippen molar-refractivity contribution in [2.75, 3.05) is 19.2 Å². The number of ether oxygens (including phenoxy) is 2. The minimum absolute atomic E-state index is 0.0362. The number of fused-ring (bicyclic) bond motifs is 1. The molecule has 10 nitrogen and oxygen atoms in total. The molecule has 2 aliphatic carbocycles. The van der Waals surface area contributed by atoms with Crippen LogP contribution in [-0.2, 0) is 28.7 Å². The quantitative estimate of drug-likeness (QED) is 0.243. The van der Waals surface area contributed by atoms with Gasteiger partial charge in [0.1, 0.15) is 24.8 Å². The number of carboxylic acids is 2. The number of aliphatic carboxylic acids is 2. The Morgan fingerprint density at radius 3 is 2.18 bits per heavy atom. The molecule has 186 valence electrons. The number of aryl methyl sites for hydroxylation is 1. The maximum atomic E-state index is 13.6. The van der Waals surface area contributed by atoms with Crippen molar-refractivity contribution >= 4 is 35.6 Å². The molecule has 6 atom stereocenters. The van der Waals surface area contributed by atoms with Crippen LogP contribution in [0.5, 0.6) is 0 Å². The van der Waals surface area contributed by atoms with Crippen LogP contribution in [0.3, 0.4) is 0 Å². The third kappa shape index (κ3) is 4.62. The molecule has 0 unspecified atom stereocenters. The predicted molar refractivity (Wildman–Crippen MR) is 115 cm³/mol. The van der Waals surface area contributed by atoms with E-state index in [4.69, 9.17) is 9.47 Å². The van der Waals surface area contributed by atoms with E-state index in [1.807, 2.05) is 0 Å². The van der Waals surface area contributed by atoms with Crippen molar-refractivity contribution in [1.29, 1.82) is 0 Å². The Bertz CT molecular complexity index is 987. The van der Waals surface area contributed by atoms with Crippen molar-refractivity contribution < 1.29 is 48.4 Å². The number of rotatable bonds is 10. The highest BCUT2D eigenvalue weighted by Crippen LogP contribution is 2.67. The number of hydrogen-bond donors (Lipinski definition) is 3. The number of carbonyl (C=O) groups is 4. The first-order valence-corrected chi connectivity index (χ1v) is 11.5. The summed E-state index contributed by atoms with van der Waals surface area (Å²) < 4.78 is 23.7. The Morgan fingerprint density at radius 2 is 1.71 bits per heavy atom. The van der Waals surface area contributed by atoms with Gasteiger partial charge in [0, 0.05) is 42.2 Å². The lowest BCUT2D eigenvalue weighted by molar-refractivity contribution is -0.185. The normalized spacial score (nSPS) is 29.4. The molecule has 0 radical (unpaired) electrons. The molecule has 12 heteroatoms. The van der Waals surface area contributed by atoms with Gasteiger partial charge in [-0.1, -0.05) is 0 Å². The summed E-state index contributed by atoms with van der Waals surface area (Å²) in [6.45, 7) is 2.64. The minimum atomic E-state index is -2.00. The molecule has 34 heavy (non-hydrogen) atoms. The first-order chi connectivity index (χ1) is 15.9. The van der Waals surface area contributed by atoms with E-state index in [1.165, 1.54) is 23.9 Å². The van der Waals surface area contributed by atoms with Gasteiger partial charge >= 0.3 is 23.9 Å². The van der Waals surface area contributed by atoms with Crippen LogP contribution in [0.2, 0.25) is 0 Å². The summed E-state index contributed by atoms with van der Waals surface area (Å²) in [6, 6.07) is 4.38. The number of aliphatic hydroxyl groups excluding tert-OH is 1. The summed E-state index contributed by atoms with van der Waals surface area (Å²) in [5.74, 6) is -8.48. The molecule has 1 aromatic rings. The number of nitrogens with zero attached hydrogens (tertiary/aromatic N) is 1. The van der Waals surface area contributed by atoms with Gasteiger partial charge in [0.05, 0.1) is 12.0 Å². The second-order valence-electron chi connectivity index (χ2n) is 8.49. The largest absolute Gasteiger partial charge is 0.481 e. The molecular formula is C22H26FNO9S. The molecule has 2 fully saturated rings. The minimum Gasteiger partial charge on any atom is -0.481 e. The standard InChI is InChI=1S/C22H26FNO9S/c1-10-6-13(4-5-15(10)23)34-7-14-19(27)16-17(20(28)29)18(16)22(14,21(30)31)24(8-32-11(2)25)9-33-12(3)26/h4-6,14,16-19,27H,7-9H2,1-3H3,(H,28,29)(H,30,31)/t14-,16+,17+,18+,19-,22+/m1/s1. The maximum Gasteiger partial charge on any atom is 0.325 e. The van der Waals surface area contributed by atoms with Crippen LogP contribution in [0.1, 0.15) is 19.4 Å². The summed E-state index contributed by atoms with van der Waals surface area (Å²) in [5, 5.41) is 31.1. The summed E-state index contributed by atoms with van der Waals surface area (Å²) in [4.78, 5) is 49.3. The molecule has 0 aliphatic heterocycles. The molecule has 0 aromatic heterocycles. The Hall–Kier alpha value is -2.70. The smallest absolute Gasteiger partial charge is 0.325 e. The molecule has 3 N–H and O–H groups in total. The van der Waals surface area contributed by atoms with Crippen molar-refractivity contribution in [3.05, 3.63) is 29.6 Å². The summed E-state index contributed by atoms with van der Waals surface area (Å²) >= 11 is 1.18. The Kier molecular flexibility index (Phi) is 7.53. The molecule has 0 heterocycles. The lowest BCUT2D eigenvalue weighted by Gasteiger charge is -2.43. The summed E-state index contributed by atoms with van der Waals surface area (Å²) in [6.07, 6.45) is -1.30. The topological polar surface area (TPSA) is 151 Å². The van der Waals surface area contributed by atoms with Gasteiger partial charge in [-0.3, -0.25) is 19.2 Å². The number of carbonyl (C=O) groups excluding carboxylic acids is 2. The van der Waals surface area contributed by atoms with Crippen molar-refractivity contribution in [3.8, 4) is 0 Å². The zero-order valence-electron chi connectivity index (χ0n) is 18.8. The Labute approximate surface area is 199 Å². The number of aliphatic hydroxyl groups is 1. The lowest BCUT2D eigenvalue weighted by Crippen LogP contribution is -2.63. The van der Waals surface area contributed by atoms with Crippen molar-refractivity contribution in [1.82, 2.24) is 4.90 Å². The Balaban J connectivity index is 2.01. The van der Waals surface area contributed by atoms with Crippen molar-refractivity contribution in [2.24, 2.45) is 23.7 Å². The fourth-order valence-electron chi connectivity index (χ4n) is 5.01. The average Bonchev–Trinajstić information content (AvgIpc) is 3.44. The number of esters is 2. The highest BCUT2D eigenvalue weighted by Gasteiger charge is 2.80. The van der Waals surface area contributed by atoms with E-state index in [0.717, 1.165) is 18.7 Å². The first kappa shape index (κ1) is 25.9. The number of halogens is 1. The van der Waals surface area contributed by atoms with Crippen LogP contribution >= 0.6 is 11.8 Å². The van der Waals surface area contributed by atoms with Gasteiger partial charge in [-0.15, -0.1) is 11.8 Å². The maximum absolute atomic E-state index is 13.6. The average molecular weight is 500 g/mol. The van der Waals surface area contributed by atoms with Gasteiger partial charge in [-0.05, 0) is 30.7 Å². The monoisotopic (exact) mass is 499 g/mol. The highest BCUT2D eigenvalue weighted by molar-refractivity contribution is 7.99. The molecule has 0 amide bonds. The van der Waals surface area contributed by atoms with Crippen LogP contribution in [0.4, 0.5) is 4.39 Å². The summed E-state index contributed by atoms with van der Waals surface area (Å²) in [5.41, 5.74) is -1.61. The zero-order chi connectivity index (χ0) is 25.4. The number of carboxylic acid groups (broad SMARTS) is 2. The SMILES string of the molecule is CC(=O)OCN(COC(C)=O)[C@]1(C(=O)O)[C@@H]2[C@@H](C(=O)O)[C@@H]2[C@H](O)[C@H]1CSc1ccc(F)c(C)c1.